The fourth-order valence-electron chi connectivity index (χ4n) is 8.24. The molecule has 0 aliphatic carbocycles. The van der Waals surface area contributed by atoms with Crippen molar-refractivity contribution in [3.8, 4) is 0 Å². The highest BCUT2D eigenvalue weighted by atomic mass is 16.8. The number of hydrogen-bond donors (Lipinski definition) is 12. The Morgan fingerprint density at radius 1 is 0.522 bits per heavy atom. The fraction of sp³-hybridized carbons (Fsp3) is 0.854. The van der Waals surface area contributed by atoms with Crippen LogP contribution in [0.3, 0.4) is 0 Å². The lowest BCUT2D eigenvalue weighted by molar-refractivity contribution is -0.379. The summed E-state index contributed by atoms with van der Waals surface area (Å²) in [6.07, 6.45) is 5.90. The van der Waals surface area contributed by atoms with Gasteiger partial charge in [0.25, 0.3) is 0 Å². The number of hydrogen-bond acceptors (Lipinski definition) is 18. The number of rotatable bonds is 33. The molecule has 17 unspecified atom stereocenters. The van der Waals surface area contributed by atoms with Gasteiger partial charge in [0.05, 0.1) is 38.6 Å². The van der Waals surface area contributed by atoms with Crippen LogP contribution in [0.15, 0.2) is 36.5 Å². The van der Waals surface area contributed by atoms with Gasteiger partial charge in [-0.15, -0.1) is 0 Å². The van der Waals surface area contributed by atoms with Crippen LogP contribution in [0.5, 0.6) is 0 Å². The van der Waals surface area contributed by atoms with Crippen molar-refractivity contribution in [2.45, 2.75) is 234 Å². The second-order valence-corrected chi connectivity index (χ2v) is 17.9. The molecule has 3 aliphatic heterocycles. The minimum atomic E-state index is -1.98. The Balaban J connectivity index is 1.41. The van der Waals surface area contributed by atoms with E-state index in [4.69, 9.17) is 28.4 Å². The van der Waals surface area contributed by atoms with Crippen molar-refractivity contribution in [2.75, 3.05) is 26.4 Å². The lowest BCUT2D eigenvalue weighted by Gasteiger charge is -2.48. The first-order chi connectivity index (χ1) is 32.3. The lowest BCUT2D eigenvalue weighted by atomic mass is 9.96. The summed E-state index contributed by atoms with van der Waals surface area (Å²) in [6.45, 7) is 1.08. The highest BCUT2D eigenvalue weighted by molar-refractivity contribution is 5.75. The predicted molar refractivity (Wildman–Crippen MR) is 245 cm³/mol. The summed E-state index contributed by atoms with van der Waals surface area (Å²) < 4.78 is 33.7. The molecule has 12 N–H and O–H groups in total. The molecule has 0 aromatic rings. The topological polar surface area (TPSA) is 307 Å². The number of carbonyl (C=O) groups is 1. The summed E-state index contributed by atoms with van der Waals surface area (Å²) in [5.74, 6) is -0.380. The van der Waals surface area contributed by atoms with Crippen LogP contribution in [0, 0.1) is 0 Å². The van der Waals surface area contributed by atoms with Gasteiger partial charge in [-0.2, -0.15) is 0 Å². The summed E-state index contributed by atoms with van der Waals surface area (Å²) in [6, 6.07) is -0.990. The third kappa shape index (κ3) is 20.0. The van der Waals surface area contributed by atoms with E-state index in [-0.39, 0.29) is 18.9 Å². The minimum Gasteiger partial charge on any atom is -0.394 e. The Kier molecular flexibility index (Phi) is 29.7. The van der Waals surface area contributed by atoms with E-state index < -0.39 is 124 Å². The van der Waals surface area contributed by atoms with Crippen molar-refractivity contribution in [1.29, 1.82) is 0 Å². The number of amides is 1. The summed E-state index contributed by atoms with van der Waals surface area (Å²) in [4.78, 5) is 12.4. The van der Waals surface area contributed by atoms with Gasteiger partial charge in [0.15, 0.2) is 18.9 Å². The lowest BCUT2D eigenvalue weighted by Crippen LogP contribution is -2.66. The number of ether oxygens (including phenoxy) is 6. The van der Waals surface area contributed by atoms with E-state index in [0.29, 0.717) is 6.42 Å². The zero-order valence-corrected chi connectivity index (χ0v) is 39.6. The first-order valence-electron chi connectivity index (χ1n) is 24.7. The van der Waals surface area contributed by atoms with E-state index in [1.54, 1.807) is 13.0 Å². The largest absolute Gasteiger partial charge is 0.394 e. The van der Waals surface area contributed by atoms with Crippen LogP contribution >= 0.6 is 0 Å². The maximum Gasteiger partial charge on any atom is 0.220 e. The zero-order chi connectivity index (χ0) is 49.1. The van der Waals surface area contributed by atoms with Crippen LogP contribution in [0.1, 0.15) is 129 Å². The minimum absolute atomic E-state index is 0.112. The highest BCUT2D eigenvalue weighted by Crippen LogP contribution is 2.33. The molecule has 0 radical (unpaired) electrons. The molecule has 0 aromatic carbocycles. The fourth-order valence-corrected chi connectivity index (χ4v) is 8.24. The number of carbonyl (C=O) groups excluding carboxylic acids is 1. The van der Waals surface area contributed by atoms with Gasteiger partial charge in [-0.1, -0.05) is 121 Å². The SMILES string of the molecule is CCCCCCCCCCCCCC/C=C/CC/C=C/CC/C=C/C(O)C(COC1OC(CO)C(OC2OC(CO)C(OC3OC(CO)C(O)C(O)C3O)C(O)C2O)C(O)C1O)NC(=O)CC. The Morgan fingerprint density at radius 3 is 1.43 bits per heavy atom. The van der Waals surface area contributed by atoms with E-state index in [9.17, 15) is 61.0 Å². The molecule has 0 aromatic heterocycles. The normalized spacial score (nSPS) is 33.8. The second kappa shape index (κ2) is 33.6. The molecule has 19 heteroatoms. The van der Waals surface area contributed by atoms with Crippen LogP contribution < -0.4 is 5.32 Å². The van der Waals surface area contributed by atoms with Crippen molar-refractivity contribution >= 4 is 5.91 Å². The Morgan fingerprint density at radius 2 is 0.940 bits per heavy atom. The molecule has 3 aliphatic rings. The molecule has 19 nitrogen and oxygen atoms in total. The molecule has 67 heavy (non-hydrogen) atoms. The third-order valence-corrected chi connectivity index (χ3v) is 12.5. The molecule has 390 valence electrons. The first-order valence-corrected chi connectivity index (χ1v) is 24.7. The standard InChI is InChI=1S/C48H85NO18/c1-3-5-6-7-8-9-10-11-12-13-14-15-16-17-18-19-20-21-22-23-24-25-26-32(53)31(49-36(54)4-2)30-62-46-42(60)39(57)44(34(28-51)64-46)67-48-43(61)40(58)45(35(29-52)65-48)66-47-41(59)38(56)37(55)33(27-50)63-47/h17-18,21-22,25-26,31-35,37-48,50-53,55-61H,3-16,19-20,23-24,27-30H2,1-2H3,(H,49,54)/b18-17+,22-21+,26-25+. The molecule has 1 amide bonds. The maximum atomic E-state index is 12.4. The summed E-state index contributed by atoms with van der Waals surface area (Å²) in [5.41, 5.74) is 0. The van der Waals surface area contributed by atoms with Gasteiger partial charge in [-0.3, -0.25) is 4.79 Å². The molecular weight excluding hydrogens is 879 g/mol. The van der Waals surface area contributed by atoms with Crippen LogP contribution in [-0.2, 0) is 33.2 Å². The van der Waals surface area contributed by atoms with Gasteiger partial charge in [0.1, 0.15) is 73.2 Å². The zero-order valence-electron chi connectivity index (χ0n) is 39.6. The molecule has 3 saturated heterocycles. The number of aliphatic hydroxyl groups excluding tert-OH is 11. The molecule has 0 bridgehead atoms. The maximum absolute atomic E-state index is 12.4. The van der Waals surface area contributed by atoms with Gasteiger partial charge in [-0.25, -0.2) is 0 Å². The number of aliphatic hydroxyl groups is 11. The van der Waals surface area contributed by atoms with E-state index in [1.165, 1.54) is 83.1 Å². The third-order valence-electron chi connectivity index (χ3n) is 12.5. The van der Waals surface area contributed by atoms with E-state index in [2.05, 4.69) is 36.5 Å². The molecule has 0 saturated carbocycles. The molecule has 17 atom stereocenters. The molecule has 0 spiro atoms. The number of allylic oxidation sites excluding steroid dienone is 5. The van der Waals surface area contributed by atoms with Crippen molar-refractivity contribution in [2.24, 2.45) is 0 Å². The van der Waals surface area contributed by atoms with E-state index in [1.807, 2.05) is 0 Å². The van der Waals surface area contributed by atoms with Gasteiger partial charge in [-0.05, 0) is 38.5 Å². The van der Waals surface area contributed by atoms with Crippen LogP contribution in [0.4, 0.5) is 0 Å². The average molecular weight is 964 g/mol. The van der Waals surface area contributed by atoms with Crippen molar-refractivity contribution < 1.29 is 89.4 Å². The molecular formula is C48H85NO18. The van der Waals surface area contributed by atoms with E-state index >= 15 is 0 Å². The predicted octanol–water partition coefficient (Wildman–Crippen LogP) is 1.03. The summed E-state index contributed by atoms with van der Waals surface area (Å²) in [5, 5.41) is 118. The second-order valence-electron chi connectivity index (χ2n) is 17.9. The Labute approximate surface area is 396 Å². The van der Waals surface area contributed by atoms with Crippen molar-refractivity contribution in [1.82, 2.24) is 5.32 Å². The highest BCUT2D eigenvalue weighted by Gasteiger charge is 2.53. The van der Waals surface area contributed by atoms with Gasteiger partial charge in [0.2, 0.25) is 5.91 Å². The summed E-state index contributed by atoms with van der Waals surface area (Å²) in [7, 11) is 0. The van der Waals surface area contributed by atoms with Crippen LogP contribution in [0.2, 0.25) is 0 Å². The van der Waals surface area contributed by atoms with Crippen LogP contribution in [-0.4, -0.2) is 193 Å². The summed E-state index contributed by atoms with van der Waals surface area (Å²) >= 11 is 0. The van der Waals surface area contributed by atoms with Gasteiger partial charge < -0.3 is 89.9 Å². The molecule has 3 rings (SSSR count). The molecule has 3 fully saturated rings. The number of nitrogens with one attached hydrogen (secondary N) is 1. The Bertz CT molecular complexity index is 1390. The number of unbranched alkanes of at least 4 members (excludes halogenated alkanes) is 14. The van der Waals surface area contributed by atoms with E-state index in [0.717, 1.165) is 25.7 Å². The molecule has 3 heterocycles. The van der Waals surface area contributed by atoms with Crippen molar-refractivity contribution in [3.63, 3.8) is 0 Å². The Hall–Kier alpha value is -1.99. The van der Waals surface area contributed by atoms with Gasteiger partial charge >= 0.3 is 0 Å². The first kappa shape index (κ1) is 59.3. The van der Waals surface area contributed by atoms with Gasteiger partial charge in [0, 0.05) is 6.42 Å². The quantitative estimate of drug-likeness (QED) is 0.0323. The average Bonchev–Trinajstić information content (AvgIpc) is 3.33. The van der Waals surface area contributed by atoms with Crippen LogP contribution in [0.25, 0.3) is 0 Å². The smallest absolute Gasteiger partial charge is 0.220 e. The van der Waals surface area contributed by atoms with Crippen molar-refractivity contribution in [3.05, 3.63) is 36.5 Å². The monoisotopic (exact) mass is 964 g/mol.